The molecule has 8 aromatic rings. The van der Waals surface area contributed by atoms with Gasteiger partial charge in [0, 0.05) is 48.6 Å². The minimum atomic E-state index is -0.690. The van der Waals surface area contributed by atoms with Gasteiger partial charge in [-0.15, -0.1) is 44.6 Å². The van der Waals surface area contributed by atoms with Crippen LogP contribution in [-0.4, -0.2) is 29.0 Å². The Bertz CT molecular complexity index is 3010. The third-order valence-electron chi connectivity index (χ3n) is 10.7. The number of aliphatic imine (C=N–C) groups is 1. The molecular formula is C50H31IN4OSU. The molecule has 2 aliphatic heterocycles. The molecule has 0 saturated carbocycles. The summed E-state index contributed by atoms with van der Waals surface area (Å²) in [6.07, 6.45) is 10.4. The average Bonchev–Trinajstić information content (AvgIpc) is 3.81. The summed E-state index contributed by atoms with van der Waals surface area (Å²) in [5.41, 5.74) is 10.0. The molecule has 11 rings (SSSR count). The zero-order valence-corrected chi connectivity index (χ0v) is 38.3. The SMILES string of the molecule is CC12C=CC=C(c3nc(-c4ccccc4)nc(-c4ccccc4)n3)C1c1cc(C3=IC(c4[c-]cccc4)=[C-]C(c4ccc5oc6ccccc6c5c4)=N3)ccc1S2.[U+2]. The number of nitrogens with zero attached hydrogens (tertiary/aromatic N) is 4. The van der Waals surface area contributed by atoms with Crippen molar-refractivity contribution in [2.24, 2.45) is 4.99 Å². The predicted octanol–water partition coefficient (Wildman–Crippen LogP) is 12.3. The molecule has 274 valence electrons. The topological polar surface area (TPSA) is 64.2 Å². The molecule has 0 radical (unpaired) electrons. The Labute approximate surface area is 374 Å². The molecule has 0 fully saturated rings. The number of halogens is 1. The fourth-order valence-electron chi connectivity index (χ4n) is 7.93. The predicted molar refractivity (Wildman–Crippen MR) is 242 cm³/mol. The van der Waals surface area contributed by atoms with Crippen LogP contribution in [0.2, 0.25) is 0 Å². The van der Waals surface area contributed by atoms with Gasteiger partial charge in [-0.3, -0.25) is 4.99 Å². The van der Waals surface area contributed by atoms with E-state index in [1.165, 1.54) is 14.0 Å². The van der Waals surface area contributed by atoms with Crippen molar-refractivity contribution < 1.29 is 35.5 Å². The normalized spacial score (nSPS) is 18.3. The number of allylic oxidation sites excluding steroid dienone is 4. The minimum Gasteiger partial charge on any atom is -0.456 e. The molecule has 4 heterocycles. The van der Waals surface area contributed by atoms with Crippen LogP contribution in [0.5, 0.6) is 0 Å². The number of thioether (sulfide) groups is 1. The van der Waals surface area contributed by atoms with Crippen molar-refractivity contribution in [2.75, 3.05) is 0 Å². The van der Waals surface area contributed by atoms with Gasteiger partial charge < -0.3 is 4.42 Å². The van der Waals surface area contributed by atoms with Gasteiger partial charge in [-0.25, -0.2) is 26.6 Å². The number of rotatable bonds is 6. The second-order valence-corrected chi connectivity index (χ2v) is 18.5. The van der Waals surface area contributed by atoms with E-state index in [0.717, 1.165) is 64.7 Å². The first-order valence-electron chi connectivity index (χ1n) is 18.8. The van der Waals surface area contributed by atoms with E-state index >= 15 is 0 Å². The first-order chi connectivity index (χ1) is 28.1. The summed E-state index contributed by atoms with van der Waals surface area (Å²) in [7, 11) is 0. The Kier molecular flexibility index (Phi) is 9.85. The molecule has 5 nitrogen and oxygen atoms in total. The molecule has 2 aromatic heterocycles. The Morgan fingerprint density at radius 1 is 0.672 bits per heavy atom. The molecule has 6 aromatic carbocycles. The van der Waals surface area contributed by atoms with Crippen LogP contribution in [0.3, 0.4) is 0 Å². The molecule has 0 amide bonds. The third-order valence-corrected chi connectivity index (χ3v) is 14.8. The summed E-state index contributed by atoms with van der Waals surface area (Å²) in [6.45, 7) is 2.33. The number of para-hydroxylation sites is 1. The van der Waals surface area contributed by atoms with Gasteiger partial charge in [-0.1, -0.05) is 115 Å². The van der Waals surface area contributed by atoms with Crippen LogP contribution in [-0.2, 0) is 0 Å². The third kappa shape index (κ3) is 6.70. The number of furan rings is 1. The van der Waals surface area contributed by atoms with Gasteiger partial charge in [0.25, 0.3) is 0 Å². The van der Waals surface area contributed by atoms with E-state index in [9.17, 15) is 0 Å². The monoisotopic (exact) mass is 1100 g/mol. The van der Waals surface area contributed by atoms with Gasteiger partial charge in [-0.05, 0) is 42.5 Å². The Morgan fingerprint density at radius 3 is 2.12 bits per heavy atom. The maximum absolute atomic E-state index is 6.17. The molecule has 0 saturated heterocycles. The molecule has 2 atom stereocenters. The van der Waals surface area contributed by atoms with Crippen LogP contribution in [0.4, 0.5) is 0 Å². The van der Waals surface area contributed by atoms with Crippen LogP contribution >= 0.6 is 32.5 Å². The van der Waals surface area contributed by atoms with E-state index in [2.05, 4.69) is 122 Å². The van der Waals surface area contributed by atoms with E-state index in [1.54, 1.807) is 0 Å². The first-order valence-corrected chi connectivity index (χ1v) is 21.8. The second-order valence-electron chi connectivity index (χ2n) is 14.4. The number of fused-ring (bicyclic) bond motifs is 6. The van der Waals surface area contributed by atoms with Crippen molar-refractivity contribution >= 4 is 72.9 Å². The Morgan fingerprint density at radius 2 is 1.36 bits per heavy atom. The molecule has 3 aliphatic rings. The van der Waals surface area contributed by atoms with Gasteiger partial charge in [0.15, 0.2) is 17.5 Å². The summed E-state index contributed by atoms with van der Waals surface area (Å²) in [5, 5.41) is 2.17. The van der Waals surface area contributed by atoms with Gasteiger partial charge in [0.2, 0.25) is 0 Å². The van der Waals surface area contributed by atoms with Crippen molar-refractivity contribution in [2.45, 2.75) is 22.5 Å². The molecule has 1 aliphatic carbocycles. The smallest absolute Gasteiger partial charge is 0.456 e. The first kappa shape index (κ1) is 37.3. The summed E-state index contributed by atoms with van der Waals surface area (Å²) in [5.74, 6) is 2.04. The quantitative estimate of drug-likeness (QED) is 0.123. The largest absolute Gasteiger partial charge is 2.00 e. The van der Waals surface area contributed by atoms with Crippen molar-refractivity contribution in [1.82, 2.24) is 15.0 Å². The van der Waals surface area contributed by atoms with Crippen molar-refractivity contribution in [1.29, 1.82) is 0 Å². The Hall–Kier alpha value is -4.98. The van der Waals surface area contributed by atoms with Crippen molar-refractivity contribution in [3.05, 3.63) is 204 Å². The van der Waals surface area contributed by atoms with E-state index < -0.39 is 20.7 Å². The minimum absolute atomic E-state index is 0. The second kappa shape index (κ2) is 15.3. The van der Waals surface area contributed by atoms with Crippen LogP contribution in [0.25, 0.3) is 53.9 Å². The average molecular weight is 1100 g/mol. The van der Waals surface area contributed by atoms with Gasteiger partial charge >= 0.3 is 31.1 Å². The molecule has 2 unspecified atom stereocenters. The number of hydrogen-bond donors (Lipinski definition) is 0. The van der Waals surface area contributed by atoms with E-state index in [1.807, 2.05) is 72.4 Å². The Balaban J connectivity index is 0.00000408. The zero-order valence-electron chi connectivity index (χ0n) is 31.1. The number of benzene rings is 6. The fourth-order valence-corrected chi connectivity index (χ4v) is 11.9. The van der Waals surface area contributed by atoms with Crippen molar-refractivity contribution in [3.8, 4) is 22.8 Å². The van der Waals surface area contributed by atoms with Crippen LogP contribution in [0, 0.1) is 43.3 Å². The molecule has 58 heavy (non-hydrogen) atoms. The van der Waals surface area contributed by atoms with E-state index in [0.29, 0.717) is 17.5 Å². The van der Waals surface area contributed by atoms with Gasteiger partial charge in [0.1, 0.15) is 11.2 Å². The standard InChI is InChI=1S/C50H31IN4OS.U/c1-50-27-13-21-37(49-54-47(32-16-7-3-8-17-32)53-48(55-49)33-18-9-4-10-19-33)45(50)39-29-35(24-26-44(39)57-50)46-51-40(31-14-5-2-6-15-31)30-41(52-46)34-23-25-43-38(28-34)36-20-11-12-22-42(36)56-43;/h2-14,16-29,45H,1H3;/q-2;+2. The maximum Gasteiger partial charge on any atom is 2.00 e. The van der Waals surface area contributed by atoms with Crippen LogP contribution in [0.15, 0.2) is 178 Å². The maximum atomic E-state index is 6.17. The molecular weight excluding hydrogens is 1070 g/mol. The molecule has 0 N–H and O–H groups in total. The van der Waals surface area contributed by atoms with E-state index in [-0.39, 0.29) is 41.8 Å². The molecule has 8 heteroatoms. The summed E-state index contributed by atoms with van der Waals surface area (Å²) >= 11 is 1.22. The fraction of sp³-hybridized carbons (Fsp3) is 0.0600. The van der Waals surface area contributed by atoms with E-state index in [4.69, 9.17) is 24.4 Å². The molecule has 0 spiro atoms. The summed E-state index contributed by atoms with van der Waals surface area (Å²) in [6, 6.07) is 53.5. The van der Waals surface area contributed by atoms with Gasteiger partial charge in [-0.2, -0.15) is 27.9 Å². The number of hydrogen-bond acceptors (Lipinski definition) is 6. The van der Waals surface area contributed by atoms with Crippen LogP contribution in [0.1, 0.15) is 40.9 Å². The molecule has 0 bridgehead atoms. The van der Waals surface area contributed by atoms with Crippen LogP contribution < -0.4 is 0 Å². The zero-order chi connectivity index (χ0) is 37.9. The van der Waals surface area contributed by atoms with Crippen molar-refractivity contribution in [3.63, 3.8) is 0 Å². The number of aromatic nitrogens is 3. The summed E-state index contributed by atoms with van der Waals surface area (Å²) in [4.78, 5) is 22.0. The summed E-state index contributed by atoms with van der Waals surface area (Å²) < 4.78 is 8.22. The van der Waals surface area contributed by atoms with Gasteiger partial charge in [0.05, 0.1) is 3.63 Å².